The molecule has 0 atom stereocenters. The molecule has 0 saturated carbocycles. The van der Waals surface area contributed by atoms with Crippen LogP contribution in [0.15, 0.2) is 40.8 Å². The van der Waals surface area contributed by atoms with Crippen LogP contribution in [0.1, 0.15) is 5.56 Å². The lowest BCUT2D eigenvalue weighted by molar-refractivity contribution is -0.120. The molecule has 2 aromatic rings. The lowest BCUT2D eigenvalue weighted by Crippen LogP contribution is -2.20. The van der Waals surface area contributed by atoms with Gasteiger partial charge < -0.3 is 19.8 Å². The van der Waals surface area contributed by atoms with Gasteiger partial charge in [-0.05, 0) is 23.8 Å². The largest absolute Gasteiger partial charge is 0.493 e. The number of amides is 2. The van der Waals surface area contributed by atoms with E-state index >= 15 is 0 Å². The Morgan fingerprint density at radius 3 is 2.79 bits per heavy atom. The van der Waals surface area contributed by atoms with E-state index in [0.717, 1.165) is 5.56 Å². The van der Waals surface area contributed by atoms with E-state index in [0.29, 0.717) is 16.3 Å². The molecule has 24 heavy (non-hydrogen) atoms. The summed E-state index contributed by atoms with van der Waals surface area (Å²) in [4.78, 5) is 27.2. The minimum atomic E-state index is -0.574. The van der Waals surface area contributed by atoms with Gasteiger partial charge in [0.1, 0.15) is 0 Å². The number of thiazole rings is 1. The molecular weight excluding hydrogens is 330 g/mol. The Kier molecular flexibility index (Phi) is 5.91. The van der Waals surface area contributed by atoms with Crippen LogP contribution in [-0.4, -0.2) is 30.1 Å². The van der Waals surface area contributed by atoms with Crippen LogP contribution in [0.3, 0.4) is 0 Å². The third kappa shape index (κ3) is 4.82. The molecule has 0 radical (unpaired) electrons. The fourth-order valence-corrected chi connectivity index (χ4v) is 2.52. The number of carbonyl (C=O) groups is 2. The second kappa shape index (κ2) is 8.11. The van der Waals surface area contributed by atoms with Gasteiger partial charge in [0.15, 0.2) is 22.9 Å². The summed E-state index contributed by atoms with van der Waals surface area (Å²) in [6, 6.07) is 5.06. The lowest BCUT2D eigenvalue weighted by atomic mass is 10.2. The maximum atomic E-state index is 11.9. The van der Waals surface area contributed by atoms with E-state index in [2.05, 4.69) is 4.99 Å². The number of aryl methyl sites for hydroxylation is 1. The number of hydrogen-bond donors (Lipinski definition) is 1. The Hall–Kier alpha value is -2.87. The van der Waals surface area contributed by atoms with Crippen molar-refractivity contribution in [2.75, 3.05) is 13.7 Å². The number of rotatable bonds is 6. The molecule has 1 heterocycles. The van der Waals surface area contributed by atoms with Gasteiger partial charge in [0, 0.05) is 24.7 Å². The highest BCUT2D eigenvalue weighted by atomic mass is 32.1. The smallest absolute Gasteiger partial charge is 0.272 e. The van der Waals surface area contributed by atoms with E-state index in [1.165, 1.54) is 24.5 Å². The molecular formula is C16H17N3O4S. The van der Waals surface area contributed by atoms with Gasteiger partial charge in [0.2, 0.25) is 0 Å². The predicted molar refractivity (Wildman–Crippen MR) is 90.6 cm³/mol. The van der Waals surface area contributed by atoms with Crippen molar-refractivity contribution in [2.45, 2.75) is 0 Å². The molecule has 7 nitrogen and oxygen atoms in total. The number of hydrogen-bond acceptors (Lipinski definition) is 5. The fraction of sp³-hybridized carbons (Fsp3) is 0.188. The molecule has 0 aliphatic heterocycles. The zero-order chi connectivity index (χ0) is 17.5. The summed E-state index contributed by atoms with van der Waals surface area (Å²) in [6.45, 7) is -0.235. The van der Waals surface area contributed by atoms with Crippen LogP contribution in [0.5, 0.6) is 11.5 Å². The second-order valence-electron chi connectivity index (χ2n) is 4.75. The first-order chi connectivity index (χ1) is 11.5. The Labute approximate surface area is 142 Å². The summed E-state index contributed by atoms with van der Waals surface area (Å²) in [5, 5.41) is 1.85. The number of nitrogens with zero attached hydrogens (tertiary/aromatic N) is 2. The van der Waals surface area contributed by atoms with Crippen molar-refractivity contribution in [1.82, 2.24) is 4.57 Å². The summed E-state index contributed by atoms with van der Waals surface area (Å²) in [5.74, 6) is -0.0986. The van der Waals surface area contributed by atoms with Crippen LogP contribution in [0.4, 0.5) is 0 Å². The van der Waals surface area contributed by atoms with Crippen LogP contribution in [0.25, 0.3) is 6.08 Å². The minimum absolute atomic E-state index is 0.235. The molecule has 0 fully saturated rings. The molecule has 1 aromatic carbocycles. The third-order valence-corrected chi connectivity index (χ3v) is 3.79. The van der Waals surface area contributed by atoms with Crippen molar-refractivity contribution in [2.24, 2.45) is 17.8 Å². The van der Waals surface area contributed by atoms with E-state index in [1.54, 1.807) is 28.8 Å². The maximum Gasteiger partial charge on any atom is 0.272 e. The Balaban J connectivity index is 2.13. The van der Waals surface area contributed by atoms with Gasteiger partial charge in [-0.1, -0.05) is 6.07 Å². The number of carbonyl (C=O) groups excluding carboxylic acids is 2. The average molecular weight is 347 g/mol. The maximum absolute atomic E-state index is 11.9. The van der Waals surface area contributed by atoms with Gasteiger partial charge in [-0.15, -0.1) is 11.3 Å². The number of aromatic nitrogens is 1. The van der Waals surface area contributed by atoms with E-state index in [1.807, 2.05) is 18.6 Å². The van der Waals surface area contributed by atoms with E-state index in [9.17, 15) is 9.59 Å². The van der Waals surface area contributed by atoms with Crippen molar-refractivity contribution in [3.05, 3.63) is 46.2 Å². The van der Waals surface area contributed by atoms with Crippen molar-refractivity contribution < 1.29 is 19.1 Å². The van der Waals surface area contributed by atoms with Crippen LogP contribution in [0, 0.1) is 0 Å². The molecule has 0 aliphatic rings. The van der Waals surface area contributed by atoms with Gasteiger partial charge in [-0.2, -0.15) is 4.99 Å². The van der Waals surface area contributed by atoms with Crippen LogP contribution >= 0.6 is 11.3 Å². The lowest BCUT2D eigenvalue weighted by Gasteiger charge is -2.09. The van der Waals surface area contributed by atoms with E-state index in [-0.39, 0.29) is 12.5 Å². The monoisotopic (exact) mass is 347 g/mol. The summed E-state index contributed by atoms with van der Waals surface area (Å²) >= 11 is 1.38. The Morgan fingerprint density at radius 1 is 1.38 bits per heavy atom. The highest BCUT2D eigenvalue weighted by Gasteiger charge is 2.06. The molecule has 0 spiro atoms. The number of primary amides is 1. The van der Waals surface area contributed by atoms with Crippen molar-refractivity contribution in [3.8, 4) is 11.5 Å². The molecule has 0 aliphatic carbocycles. The highest BCUT2D eigenvalue weighted by Crippen LogP contribution is 2.28. The van der Waals surface area contributed by atoms with Crippen molar-refractivity contribution >= 4 is 29.2 Å². The first-order valence-electron chi connectivity index (χ1n) is 6.95. The summed E-state index contributed by atoms with van der Waals surface area (Å²) in [6.07, 6.45) is 4.83. The predicted octanol–water partition coefficient (Wildman–Crippen LogP) is 1.10. The second-order valence-corrected chi connectivity index (χ2v) is 5.62. The summed E-state index contributed by atoms with van der Waals surface area (Å²) < 4.78 is 12.2. The third-order valence-electron chi connectivity index (χ3n) is 2.94. The van der Waals surface area contributed by atoms with Gasteiger partial charge in [-0.3, -0.25) is 9.59 Å². The Bertz CT molecular complexity index is 836. The summed E-state index contributed by atoms with van der Waals surface area (Å²) in [7, 11) is 3.30. The molecule has 126 valence electrons. The minimum Gasteiger partial charge on any atom is -0.493 e. The first-order valence-corrected chi connectivity index (χ1v) is 7.83. The Morgan fingerprint density at radius 2 is 2.17 bits per heavy atom. The van der Waals surface area contributed by atoms with E-state index in [4.69, 9.17) is 15.2 Å². The topological polar surface area (TPSA) is 95.9 Å². The fourth-order valence-electron chi connectivity index (χ4n) is 1.79. The summed E-state index contributed by atoms with van der Waals surface area (Å²) in [5.41, 5.74) is 5.78. The number of nitrogens with two attached hydrogens (primary N) is 1. The molecule has 8 heteroatoms. The highest BCUT2D eigenvalue weighted by molar-refractivity contribution is 7.07. The SMILES string of the molecule is COc1cc(/C=C/C(=O)N=c2sccn2C)ccc1OCC(N)=O. The first kappa shape index (κ1) is 17.5. The standard InChI is InChI=1S/C16H17N3O4S/c1-19-7-8-24-16(19)18-15(21)6-4-11-3-5-12(13(9-11)22-2)23-10-14(17)20/h3-9H,10H2,1-2H3,(H2,17,20)/b6-4+,18-16?. The number of benzene rings is 1. The van der Waals surface area contributed by atoms with Crippen LogP contribution in [-0.2, 0) is 16.6 Å². The normalized spacial score (nSPS) is 11.7. The van der Waals surface area contributed by atoms with Gasteiger partial charge in [0.25, 0.3) is 11.8 Å². The molecule has 0 unspecified atom stereocenters. The molecule has 2 rings (SSSR count). The molecule has 1 aromatic heterocycles. The van der Waals surface area contributed by atoms with Gasteiger partial charge >= 0.3 is 0 Å². The molecule has 2 amide bonds. The van der Waals surface area contributed by atoms with Gasteiger partial charge in [-0.25, -0.2) is 0 Å². The van der Waals surface area contributed by atoms with Gasteiger partial charge in [0.05, 0.1) is 7.11 Å². The van der Waals surface area contributed by atoms with Crippen LogP contribution in [0.2, 0.25) is 0 Å². The molecule has 0 saturated heterocycles. The van der Waals surface area contributed by atoms with Crippen molar-refractivity contribution in [3.63, 3.8) is 0 Å². The zero-order valence-corrected chi connectivity index (χ0v) is 14.1. The van der Waals surface area contributed by atoms with E-state index < -0.39 is 5.91 Å². The molecule has 0 bridgehead atoms. The zero-order valence-electron chi connectivity index (χ0n) is 13.3. The number of methoxy groups -OCH3 is 1. The average Bonchev–Trinajstić information content (AvgIpc) is 2.96. The molecule has 2 N–H and O–H groups in total. The number of ether oxygens (including phenoxy) is 2. The van der Waals surface area contributed by atoms with Crippen LogP contribution < -0.4 is 20.0 Å². The quantitative estimate of drug-likeness (QED) is 0.792. The van der Waals surface area contributed by atoms with Crippen molar-refractivity contribution in [1.29, 1.82) is 0 Å².